The van der Waals surface area contributed by atoms with Gasteiger partial charge in [-0.2, -0.15) is 0 Å². The van der Waals surface area contributed by atoms with Crippen LogP contribution >= 0.6 is 0 Å². The van der Waals surface area contributed by atoms with E-state index in [2.05, 4.69) is 27.7 Å². The summed E-state index contributed by atoms with van der Waals surface area (Å²) in [6.45, 7) is 8.43. The van der Waals surface area contributed by atoms with E-state index in [0.717, 1.165) is 103 Å². The summed E-state index contributed by atoms with van der Waals surface area (Å²) in [5.74, 6) is -5.38. The SMILES string of the molecule is CCCCCCCc1c(CCCCCCC)c(C(=O)O)c2c(C(=O)O)c(CCCCCCC)c(CCCCCCC)c(C(=O)O)c2c1C(=O)O. The second-order valence-corrected chi connectivity index (χ2v) is 14.0. The molecule has 2 aromatic rings. The Labute approximate surface area is 300 Å². The molecule has 0 aliphatic rings. The predicted octanol–water partition coefficient (Wildman–Crippen LogP) is 11.7. The summed E-state index contributed by atoms with van der Waals surface area (Å²) in [5.41, 5.74) is 0.500. The highest BCUT2D eigenvalue weighted by Crippen LogP contribution is 2.42. The fourth-order valence-electron chi connectivity index (χ4n) is 7.63. The normalized spacial score (nSPS) is 11.4. The van der Waals surface area contributed by atoms with Crippen molar-refractivity contribution in [2.24, 2.45) is 0 Å². The summed E-state index contributed by atoms with van der Waals surface area (Å²) in [6, 6.07) is 0. The minimum absolute atomic E-state index is 0.226. The molecule has 0 atom stereocenters. The van der Waals surface area contributed by atoms with Crippen molar-refractivity contribution in [2.45, 2.75) is 182 Å². The highest BCUT2D eigenvalue weighted by molar-refractivity contribution is 6.24. The van der Waals surface area contributed by atoms with Gasteiger partial charge >= 0.3 is 23.9 Å². The van der Waals surface area contributed by atoms with Gasteiger partial charge in [-0.1, -0.05) is 130 Å². The van der Waals surface area contributed by atoms with Gasteiger partial charge in [0.05, 0.1) is 22.3 Å². The third kappa shape index (κ3) is 11.8. The Morgan fingerprint density at radius 1 is 0.320 bits per heavy atom. The monoisotopic (exact) mass is 696 g/mol. The van der Waals surface area contributed by atoms with Gasteiger partial charge in [-0.15, -0.1) is 0 Å². The van der Waals surface area contributed by atoms with Gasteiger partial charge in [0, 0.05) is 10.8 Å². The van der Waals surface area contributed by atoms with Crippen molar-refractivity contribution in [3.05, 3.63) is 44.5 Å². The van der Waals surface area contributed by atoms with Crippen LogP contribution in [-0.4, -0.2) is 44.3 Å². The molecule has 0 heterocycles. The van der Waals surface area contributed by atoms with Crippen molar-refractivity contribution >= 4 is 34.6 Å². The average molecular weight is 697 g/mol. The molecule has 0 amide bonds. The zero-order chi connectivity index (χ0) is 37.1. The lowest BCUT2D eigenvalue weighted by molar-refractivity contribution is 0.0673. The Kier molecular flexibility index (Phi) is 19.8. The molecule has 280 valence electrons. The Hall–Kier alpha value is -3.42. The van der Waals surface area contributed by atoms with Crippen LogP contribution < -0.4 is 0 Å². The maximum atomic E-state index is 13.4. The fourth-order valence-corrected chi connectivity index (χ4v) is 7.63. The van der Waals surface area contributed by atoms with Crippen LogP contribution in [0.4, 0.5) is 0 Å². The van der Waals surface area contributed by atoms with Gasteiger partial charge in [-0.25, -0.2) is 19.2 Å². The summed E-state index contributed by atoms with van der Waals surface area (Å²) in [4.78, 5) is 53.6. The number of aromatic carboxylic acids is 4. The third-order valence-electron chi connectivity index (χ3n) is 10.2. The van der Waals surface area contributed by atoms with Crippen LogP contribution in [0.2, 0.25) is 0 Å². The number of hydrogen-bond acceptors (Lipinski definition) is 4. The van der Waals surface area contributed by atoms with Crippen molar-refractivity contribution in [3.63, 3.8) is 0 Å². The van der Waals surface area contributed by atoms with Crippen molar-refractivity contribution in [2.75, 3.05) is 0 Å². The van der Waals surface area contributed by atoms with Crippen LogP contribution in [0.15, 0.2) is 0 Å². The van der Waals surface area contributed by atoms with Crippen LogP contribution in [0.25, 0.3) is 10.8 Å². The van der Waals surface area contributed by atoms with Crippen LogP contribution in [0.3, 0.4) is 0 Å². The number of fused-ring (bicyclic) bond motifs is 1. The van der Waals surface area contributed by atoms with E-state index in [0.29, 0.717) is 73.6 Å². The number of rotatable bonds is 28. The first-order valence-corrected chi connectivity index (χ1v) is 19.7. The quantitative estimate of drug-likeness (QED) is 0.0642. The van der Waals surface area contributed by atoms with E-state index < -0.39 is 23.9 Å². The highest BCUT2D eigenvalue weighted by Gasteiger charge is 2.35. The van der Waals surface area contributed by atoms with Crippen LogP contribution in [0, 0.1) is 0 Å². The number of unbranched alkanes of at least 4 members (excludes halogenated alkanes) is 16. The molecule has 0 fully saturated rings. The van der Waals surface area contributed by atoms with Gasteiger partial charge in [0.1, 0.15) is 0 Å². The Balaban J connectivity index is 3.15. The van der Waals surface area contributed by atoms with Gasteiger partial charge in [0.2, 0.25) is 0 Å². The van der Waals surface area contributed by atoms with Crippen LogP contribution in [-0.2, 0) is 25.7 Å². The summed E-state index contributed by atoms with van der Waals surface area (Å²) < 4.78 is 0. The number of carbonyl (C=O) groups is 4. The minimum Gasteiger partial charge on any atom is -0.478 e. The summed E-state index contributed by atoms with van der Waals surface area (Å²) in [7, 11) is 0. The number of carboxylic acids is 4. The lowest BCUT2D eigenvalue weighted by Crippen LogP contribution is -2.21. The minimum atomic E-state index is -1.34. The van der Waals surface area contributed by atoms with Gasteiger partial charge in [-0.3, -0.25) is 0 Å². The maximum absolute atomic E-state index is 13.4. The van der Waals surface area contributed by atoms with Gasteiger partial charge in [0.25, 0.3) is 0 Å². The van der Waals surface area contributed by atoms with Crippen LogP contribution in [0.5, 0.6) is 0 Å². The Morgan fingerprint density at radius 2 is 0.500 bits per heavy atom. The molecule has 8 heteroatoms. The Bertz CT molecular complexity index is 1210. The zero-order valence-corrected chi connectivity index (χ0v) is 31.4. The fraction of sp³-hybridized carbons (Fsp3) is 0.667. The average Bonchev–Trinajstić information content (AvgIpc) is 3.06. The molecule has 0 bridgehead atoms. The summed E-state index contributed by atoms with van der Waals surface area (Å²) in [6.07, 6.45) is 19.1. The molecule has 8 nitrogen and oxygen atoms in total. The molecular formula is C42H64O8. The van der Waals surface area contributed by atoms with E-state index in [-0.39, 0.29) is 33.0 Å². The van der Waals surface area contributed by atoms with E-state index in [1.54, 1.807) is 0 Å². The molecule has 0 saturated carbocycles. The highest BCUT2D eigenvalue weighted by atomic mass is 16.4. The second kappa shape index (κ2) is 23.1. The van der Waals surface area contributed by atoms with E-state index in [4.69, 9.17) is 0 Å². The van der Waals surface area contributed by atoms with Gasteiger partial charge in [0.15, 0.2) is 0 Å². The first-order valence-electron chi connectivity index (χ1n) is 19.7. The third-order valence-corrected chi connectivity index (χ3v) is 10.2. The molecule has 0 aliphatic heterocycles. The number of carboxylic acid groups (broad SMARTS) is 4. The lowest BCUT2D eigenvalue weighted by Gasteiger charge is -2.26. The Morgan fingerprint density at radius 3 is 0.660 bits per heavy atom. The van der Waals surface area contributed by atoms with Crippen molar-refractivity contribution in [3.8, 4) is 0 Å². The van der Waals surface area contributed by atoms with E-state index >= 15 is 0 Å². The van der Waals surface area contributed by atoms with Crippen molar-refractivity contribution in [1.82, 2.24) is 0 Å². The predicted molar refractivity (Wildman–Crippen MR) is 202 cm³/mol. The topological polar surface area (TPSA) is 149 Å². The molecule has 0 radical (unpaired) electrons. The first-order chi connectivity index (χ1) is 24.1. The molecule has 0 spiro atoms. The molecule has 2 aromatic carbocycles. The van der Waals surface area contributed by atoms with Crippen molar-refractivity contribution < 1.29 is 39.6 Å². The molecule has 4 N–H and O–H groups in total. The molecule has 2 rings (SSSR count). The summed E-state index contributed by atoms with van der Waals surface area (Å²) >= 11 is 0. The van der Waals surface area contributed by atoms with E-state index in [1.165, 1.54) is 0 Å². The second-order valence-electron chi connectivity index (χ2n) is 14.0. The molecule has 0 aliphatic carbocycles. The molecule has 0 unspecified atom stereocenters. The van der Waals surface area contributed by atoms with E-state index in [9.17, 15) is 39.6 Å². The molecular weight excluding hydrogens is 632 g/mol. The molecule has 0 saturated heterocycles. The molecule has 50 heavy (non-hydrogen) atoms. The van der Waals surface area contributed by atoms with Crippen molar-refractivity contribution in [1.29, 1.82) is 0 Å². The van der Waals surface area contributed by atoms with Gasteiger partial charge < -0.3 is 20.4 Å². The maximum Gasteiger partial charge on any atom is 0.336 e. The largest absolute Gasteiger partial charge is 0.478 e. The lowest BCUT2D eigenvalue weighted by atomic mass is 9.77. The molecule has 0 aromatic heterocycles. The first kappa shape index (κ1) is 42.7. The summed E-state index contributed by atoms with van der Waals surface area (Å²) in [5, 5.41) is 43.2. The van der Waals surface area contributed by atoms with Crippen LogP contribution in [0.1, 0.15) is 220 Å². The number of benzene rings is 2. The zero-order valence-electron chi connectivity index (χ0n) is 31.4. The number of hydrogen-bond donors (Lipinski definition) is 4. The smallest absolute Gasteiger partial charge is 0.336 e. The van der Waals surface area contributed by atoms with Gasteiger partial charge in [-0.05, 0) is 73.6 Å². The standard InChI is InChI=1S/C42H64O8/c1-5-9-13-17-21-25-29-30(26-22-18-14-10-6-2)34(40(45)46)38-36(42(49)50)32(28-24-20-16-12-8-4)31(27-23-19-15-11-7-3)35(41(47)48)37(38)33(29)39(43)44/h5-28H2,1-4H3,(H,43,44)(H,45,46)(H,47,48)(H,49,50). The van der Waals surface area contributed by atoms with E-state index in [1.807, 2.05) is 0 Å².